The third-order valence-electron chi connectivity index (χ3n) is 8.99. The Morgan fingerprint density at radius 2 is 1.74 bits per heavy atom. The Balaban J connectivity index is 1.44. The molecule has 1 N–H and O–H groups in total. The van der Waals surface area contributed by atoms with Crippen LogP contribution in [0.15, 0.2) is 84.3 Å². The Morgan fingerprint density at radius 1 is 0.953 bits per heavy atom. The number of carbonyl (C=O) groups excluding carboxylic acids is 2. The Bertz CT molecular complexity index is 1530. The lowest BCUT2D eigenvalue weighted by Crippen LogP contribution is -2.44. The fraction of sp³-hybridized carbons (Fsp3) is 0.389. The number of allylic oxidation sites excluding steroid dienone is 5. The molecule has 2 amide bonds. The average molecular weight is 596 g/mol. The Hall–Kier alpha value is -3.55. The van der Waals surface area contributed by atoms with Crippen LogP contribution in [0, 0.1) is 5.92 Å². The zero-order valence-corrected chi connectivity index (χ0v) is 25.6. The van der Waals surface area contributed by atoms with Crippen molar-refractivity contribution in [1.29, 1.82) is 0 Å². The topological polar surface area (TPSA) is 63.6 Å². The molecular formula is C36H41N3O3S. The van der Waals surface area contributed by atoms with Crippen molar-refractivity contribution in [2.45, 2.75) is 62.3 Å². The molecule has 3 heterocycles. The fourth-order valence-corrected chi connectivity index (χ4v) is 7.41. The highest BCUT2D eigenvalue weighted by molar-refractivity contribution is 7.98. The minimum absolute atomic E-state index is 0.133. The number of rotatable bonds is 5. The monoisotopic (exact) mass is 595 g/mol. The molecule has 43 heavy (non-hydrogen) atoms. The Labute approximate surface area is 259 Å². The number of ether oxygens (including phenoxy) is 1. The number of benzene rings is 2. The van der Waals surface area contributed by atoms with Crippen LogP contribution in [-0.4, -0.2) is 47.6 Å². The molecule has 1 aromatic heterocycles. The van der Waals surface area contributed by atoms with E-state index in [2.05, 4.69) is 46.2 Å². The number of hydrogen-bond acceptors (Lipinski definition) is 4. The van der Waals surface area contributed by atoms with Crippen molar-refractivity contribution in [3.63, 3.8) is 0 Å². The van der Waals surface area contributed by atoms with E-state index < -0.39 is 0 Å². The summed E-state index contributed by atoms with van der Waals surface area (Å²) >= 11 is 1.32. The summed E-state index contributed by atoms with van der Waals surface area (Å²) in [5.41, 5.74) is 5.01. The molecule has 0 radical (unpaired) electrons. The largest absolute Gasteiger partial charge is 0.378 e. The van der Waals surface area contributed by atoms with E-state index in [1.807, 2.05) is 47.4 Å². The summed E-state index contributed by atoms with van der Waals surface area (Å²) in [5.74, 6) is 0.300. The Kier molecular flexibility index (Phi) is 9.49. The molecule has 1 saturated heterocycles. The third kappa shape index (κ3) is 6.68. The first-order valence-corrected chi connectivity index (χ1v) is 16.5. The van der Waals surface area contributed by atoms with Gasteiger partial charge in [-0.15, -0.1) is 0 Å². The maximum Gasteiger partial charge on any atom is 0.261 e. The molecule has 3 aromatic rings. The van der Waals surface area contributed by atoms with E-state index in [0.29, 0.717) is 44.3 Å². The van der Waals surface area contributed by atoms with Crippen LogP contribution in [0.3, 0.4) is 0 Å². The molecule has 2 aliphatic heterocycles. The van der Waals surface area contributed by atoms with Crippen LogP contribution >= 0.6 is 11.9 Å². The van der Waals surface area contributed by atoms with E-state index in [1.165, 1.54) is 42.2 Å². The molecule has 224 valence electrons. The number of carbonyl (C=O) groups is 2. The molecule has 6 rings (SSSR count). The lowest BCUT2D eigenvalue weighted by Gasteiger charge is -2.31. The zero-order valence-electron chi connectivity index (χ0n) is 24.8. The van der Waals surface area contributed by atoms with Crippen molar-refractivity contribution in [3.05, 3.63) is 96.2 Å². The molecule has 2 fully saturated rings. The van der Waals surface area contributed by atoms with Gasteiger partial charge in [-0.25, -0.2) is 0 Å². The Morgan fingerprint density at radius 3 is 2.53 bits per heavy atom. The van der Waals surface area contributed by atoms with Gasteiger partial charge in [-0.05, 0) is 79.0 Å². The lowest BCUT2D eigenvalue weighted by atomic mass is 9.81. The summed E-state index contributed by atoms with van der Waals surface area (Å²) in [4.78, 5) is 30.3. The van der Waals surface area contributed by atoms with Crippen molar-refractivity contribution in [2.24, 2.45) is 5.92 Å². The number of hydrogen-bond donors (Lipinski definition) is 1. The van der Waals surface area contributed by atoms with Gasteiger partial charge in [-0.1, -0.05) is 74.4 Å². The van der Waals surface area contributed by atoms with Crippen LogP contribution in [0.5, 0.6) is 0 Å². The average Bonchev–Trinajstić information content (AvgIpc) is 3.37. The van der Waals surface area contributed by atoms with Crippen LogP contribution in [0.25, 0.3) is 16.5 Å². The van der Waals surface area contributed by atoms with E-state index in [1.54, 1.807) is 0 Å². The van der Waals surface area contributed by atoms with Gasteiger partial charge in [0.15, 0.2) is 0 Å². The third-order valence-corrected chi connectivity index (χ3v) is 9.78. The summed E-state index contributed by atoms with van der Waals surface area (Å²) in [6.07, 6.45) is 16.0. The number of nitrogens with one attached hydrogen (secondary N) is 1. The van der Waals surface area contributed by atoms with E-state index in [4.69, 9.17) is 4.74 Å². The van der Waals surface area contributed by atoms with Crippen molar-refractivity contribution in [3.8, 4) is 0 Å². The number of aromatic nitrogens is 1. The second kappa shape index (κ2) is 13.8. The van der Waals surface area contributed by atoms with Crippen LogP contribution in [0.1, 0.15) is 72.5 Å². The number of nitrogens with zero attached hydrogens (tertiary/aromatic N) is 2. The quantitative estimate of drug-likeness (QED) is 0.310. The van der Waals surface area contributed by atoms with Crippen LogP contribution in [-0.2, 0) is 16.1 Å². The molecule has 6 nitrogen and oxygen atoms in total. The molecule has 0 spiro atoms. The van der Waals surface area contributed by atoms with Gasteiger partial charge >= 0.3 is 0 Å². The second-order valence-corrected chi connectivity index (χ2v) is 12.7. The van der Waals surface area contributed by atoms with Crippen molar-refractivity contribution >= 4 is 40.2 Å². The molecular weight excluding hydrogens is 554 g/mol. The first-order valence-electron chi connectivity index (χ1n) is 15.7. The summed E-state index contributed by atoms with van der Waals surface area (Å²) in [5, 5.41) is 1.17. The van der Waals surface area contributed by atoms with Gasteiger partial charge in [-0.3, -0.25) is 14.3 Å². The van der Waals surface area contributed by atoms with Crippen molar-refractivity contribution in [1.82, 2.24) is 14.2 Å². The smallest absolute Gasteiger partial charge is 0.261 e. The van der Waals surface area contributed by atoms with E-state index >= 15 is 0 Å². The highest BCUT2D eigenvalue weighted by Gasteiger charge is 2.31. The van der Waals surface area contributed by atoms with Crippen LogP contribution < -0.4 is 4.72 Å². The van der Waals surface area contributed by atoms with Gasteiger partial charge in [-0.2, -0.15) is 0 Å². The van der Waals surface area contributed by atoms with Crippen molar-refractivity contribution < 1.29 is 14.3 Å². The summed E-state index contributed by atoms with van der Waals surface area (Å²) in [6, 6.07) is 16.0. The van der Waals surface area contributed by atoms with Gasteiger partial charge in [0, 0.05) is 41.0 Å². The molecule has 1 unspecified atom stereocenters. The standard InChI is InChI=1S/C36H41N3O3S/c1-26-12-6-2-3-7-15-29(36(41)38-20-22-42-23-21-38)25-39-32-24-28(35(40)37-43-30-16-10-5-11-17-30)18-19-31(32)33(34(26)39)27-13-8-4-9-14-27/h2-3,5-6,10-12,16-19,24,27,29H,1,4,7-9,13-15,20-23,25H2,(H,37,40)/b3-2-,12-6-. The normalized spacial score (nSPS) is 21.5. The summed E-state index contributed by atoms with van der Waals surface area (Å²) in [7, 11) is 0. The number of morpholine rings is 1. The predicted molar refractivity (Wildman–Crippen MR) is 175 cm³/mol. The van der Waals surface area contributed by atoms with Gasteiger partial charge < -0.3 is 14.2 Å². The van der Waals surface area contributed by atoms with Gasteiger partial charge in [0.05, 0.1) is 24.8 Å². The van der Waals surface area contributed by atoms with E-state index in [0.717, 1.165) is 47.4 Å². The highest BCUT2D eigenvalue weighted by atomic mass is 32.2. The SMILES string of the molecule is C=C1/C=C\C=C/CCC(C(=O)N2CCOCC2)Cn2c1c(C1CCCCC1)c1ccc(C(=O)NSc3ccccc3)cc12. The molecule has 1 saturated carbocycles. The lowest BCUT2D eigenvalue weighted by molar-refractivity contribution is -0.140. The molecule has 0 bridgehead atoms. The fourth-order valence-electron chi connectivity index (χ4n) is 6.79. The zero-order chi connectivity index (χ0) is 29.6. The van der Waals surface area contributed by atoms with E-state index in [9.17, 15) is 9.59 Å². The summed E-state index contributed by atoms with van der Waals surface area (Å²) < 4.78 is 10.9. The maximum absolute atomic E-state index is 14.0. The van der Waals surface area contributed by atoms with Gasteiger partial charge in [0.25, 0.3) is 5.91 Å². The minimum Gasteiger partial charge on any atom is -0.378 e. The molecule has 1 atom stereocenters. The predicted octanol–water partition coefficient (Wildman–Crippen LogP) is 7.52. The molecule has 3 aliphatic rings. The number of fused-ring (bicyclic) bond motifs is 3. The first kappa shape index (κ1) is 29.5. The van der Waals surface area contributed by atoms with Crippen molar-refractivity contribution in [2.75, 3.05) is 26.3 Å². The summed E-state index contributed by atoms with van der Waals surface area (Å²) in [6.45, 7) is 7.55. The number of amides is 2. The minimum atomic E-state index is -0.187. The highest BCUT2D eigenvalue weighted by Crippen LogP contribution is 2.43. The second-order valence-electron chi connectivity index (χ2n) is 11.8. The molecule has 7 heteroatoms. The van der Waals surface area contributed by atoms with Gasteiger partial charge in [0.2, 0.25) is 5.91 Å². The molecule has 1 aliphatic carbocycles. The van der Waals surface area contributed by atoms with E-state index in [-0.39, 0.29) is 17.7 Å². The van der Waals surface area contributed by atoms with Gasteiger partial charge in [0.1, 0.15) is 0 Å². The molecule has 2 aromatic carbocycles. The first-order chi connectivity index (χ1) is 21.1. The van der Waals surface area contributed by atoms with Crippen LogP contribution in [0.2, 0.25) is 0 Å². The van der Waals surface area contributed by atoms with Crippen LogP contribution in [0.4, 0.5) is 0 Å². The maximum atomic E-state index is 14.0.